The molecular weight excluding hydrogens is 387 g/mol. The Morgan fingerprint density at radius 3 is 2.28 bits per heavy atom. The molecule has 2 aromatic carbocycles. The Hall–Kier alpha value is -1.80. The first kappa shape index (κ1) is 19.5. The molecule has 6 nitrogen and oxygen atoms in total. The van der Waals surface area contributed by atoms with Crippen LogP contribution in [0.1, 0.15) is 6.92 Å². The van der Waals surface area contributed by atoms with Crippen LogP contribution in [0.5, 0.6) is 5.75 Å². The second kappa shape index (κ2) is 8.05. The highest BCUT2D eigenvalue weighted by Gasteiger charge is 2.25. The minimum Gasteiger partial charge on any atom is -0.495 e. The predicted molar refractivity (Wildman–Crippen MR) is 97.9 cm³/mol. The number of nitrogens with one attached hydrogen (secondary N) is 2. The molecule has 1 atom stereocenters. The number of carbonyl (C=O) groups is 1. The van der Waals surface area contributed by atoms with E-state index in [1.807, 2.05) is 0 Å². The van der Waals surface area contributed by atoms with Gasteiger partial charge in [0.2, 0.25) is 15.9 Å². The summed E-state index contributed by atoms with van der Waals surface area (Å²) < 4.78 is 32.4. The van der Waals surface area contributed by atoms with Crippen molar-refractivity contribution >= 4 is 44.8 Å². The lowest BCUT2D eigenvalue weighted by atomic mass is 10.3. The Balaban J connectivity index is 2.15. The van der Waals surface area contributed by atoms with E-state index >= 15 is 0 Å². The van der Waals surface area contributed by atoms with Crippen molar-refractivity contribution in [2.75, 3.05) is 12.4 Å². The molecule has 0 saturated heterocycles. The summed E-state index contributed by atoms with van der Waals surface area (Å²) >= 11 is 11.6. The van der Waals surface area contributed by atoms with Crippen molar-refractivity contribution in [1.29, 1.82) is 0 Å². The van der Waals surface area contributed by atoms with E-state index in [0.29, 0.717) is 10.7 Å². The molecule has 2 rings (SSSR count). The minimum atomic E-state index is -4.01. The SMILES string of the molecule is COc1ccc(Cl)cc1S(=O)(=O)N[C@@H](C)C(=O)Nc1ccc(Cl)cc1. The predicted octanol–water partition coefficient (Wildman–Crippen LogP) is 3.31. The maximum absolute atomic E-state index is 12.5. The van der Waals surface area contributed by atoms with Gasteiger partial charge in [-0.1, -0.05) is 23.2 Å². The molecule has 0 aliphatic carbocycles. The number of methoxy groups -OCH3 is 1. The first-order chi connectivity index (χ1) is 11.7. The van der Waals surface area contributed by atoms with E-state index in [9.17, 15) is 13.2 Å². The van der Waals surface area contributed by atoms with Crippen LogP contribution in [0.3, 0.4) is 0 Å². The molecule has 0 bridgehead atoms. The van der Waals surface area contributed by atoms with Crippen molar-refractivity contribution in [1.82, 2.24) is 4.72 Å². The number of ether oxygens (including phenoxy) is 1. The monoisotopic (exact) mass is 402 g/mol. The number of amides is 1. The van der Waals surface area contributed by atoms with E-state index in [1.54, 1.807) is 24.3 Å². The van der Waals surface area contributed by atoms with E-state index < -0.39 is 22.0 Å². The summed E-state index contributed by atoms with van der Waals surface area (Å²) in [5.41, 5.74) is 0.501. The molecule has 0 aliphatic rings. The van der Waals surface area contributed by atoms with Gasteiger partial charge in [-0.05, 0) is 49.4 Å². The van der Waals surface area contributed by atoms with Gasteiger partial charge >= 0.3 is 0 Å². The minimum absolute atomic E-state index is 0.127. The summed E-state index contributed by atoms with van der Waals surface area (Å²) in [6, 6.07) is 9.64. The van der Waals surface area contributed by atoms with Gasteiger partial charge in [0.1, 0.15) is 10.6 Å². The third-order valence-corrected chi connectivity index (χ3v) is 5.30. The average Bonchev–Trinajstić information content (AvgIpc) is 2.56. The first-order valence-electron chi connectivity index (χ1n) is 7.15. The highest BCUT2D eigenvalue weighted by molar-refractivity contribution is 7.89. The topological polar surface area (TPSA) is 84.5 Å². The molecule has 0 saturated carbocycles. The summed E-state index contributed by atoms with van der Waals surface area (Å²) in [6.07, 6.45) is 0. The van der Waals surface area contributed by atoms with Crippen LogP contribution in [0.2, 0.25) is 10.0 Å². The normalized spacial score (nSPS) is 12.5. The number of hydrogen-bond donors (Lipinski definition) is 2. The molecule has 0 fully saturated rings. The molecule has 0 spiro atoms. The van der Waals surface area contributed by atoms with Crippen LogP contribution >= 0.6 is 23.2 Å². The largest absolute Gasteiger partial charge is 0.495 e. The Labute approximate surface area is 156 Å². The van der Waals surface area contributed by atoms with Crippen LogP contribution in [0, 0.1) is 0 Å². The Morgan fingerprint density at radius 1 is 1.08 bits per heavy atom. The van der Waals surface area contributed by atoms with Gasteiger partial charge in [0.25, 0.3) is 0 Å². The highest BCUT2D eigenvalue weighted by Crippen LogP contribution is 2.27. The summed E-state index contributed by atoms with van der Waals surface area (Å²) in [4.78, 5) is 12.1. The molecule has 1 amide bonds. The molecular formula is C16H16Cl2N2O4S. The van der Waals surface area contributed by atoms with E-state index in [0.717, 1.165) is 0 Å². The molecule has 2 aromatic rings. The number of carbonyl (C=O) groups excluding carboxylic acids is 1. The van der Waals surface area contributed by atoms with E-state index in [2.05, 4.69) is 10.0 Å². The van der Waals surface area contributed by atoms with Crippen LogP contribution in [0.15, 0.2) is 47.4 Å². The van der Waals surface area contributed by atoms with Crippen molar-refractivity contribution in [3.63, 3.8) is 0 Å². The van der Waals surface area contributed by atoms with E-state index in [1.165, 1.54) is 32.2 Å². The second-order valence-electron chi connectivity index (χ2n) is 5.13. The van der Waals surface area contributed by atoms with Crippen molar-refractivity contribution in [3.8, 4) is 5.75 Å². The zero-order valence-electron chi connectivity index (χ0n) is 13.4. The number of hydrogen-bond acceptors (Lipinski definition) is 4. The third kappa shape index (κ3) is 5.09. The van der Waals surface area contributed by atoms with Crippen LogP contribution in [0.25, 0.3) is 0 Å². The Morgan fingerprint density at radius 2 is 1.68 bits per heavy atom. The van der Waals surface area contributed by atoms with Gasteiger partial charge in [-0.2, -0.15) is 4.72 Å². The molecule has 9 heteroatoms. The number of benzene rings is 2. The zero-order valence-corrected chi connectivity index (χ0v) is 15.7. The van der Waals surface area contributed by atoms with Crippen molar-refractivity contribution in [3.05, 3.63) is 52.5 Å². The lowest BCUT2D eigenvalue weighted by Crippen LogP contribution is -2.41. The first-order valence-corrected chi connectivity index (χ1v) is 9.39. The maximum Gasteiger partial charge on any atom is 0.245 e. The molecule has 0 aliphatic heterocycles. The lowest BCUT2D eigenvalue weighted by molar-refractivity contribution is -0.117. The van der Waals surface area contributed by atoms with Gasteiger partial charge < -0.3 is 10.1 Å². The van der Waals surface area contributed by atoms with Crippen LogP contribution in [-0.2, 0) is 14.8 Å². The summed E-state index contributed by atoms with van der Waals surface area (Å²) in [6.45, 7) is 1.43. The standard InChI is InChI=1S/C16H16Cl2N2O4S/c1-10(16(21)19-13-6-3-11(17)4-7-13)20-25(22,23)15-9-12(18)5-8-14(15)24-2/h3-10,20H,1-2H3,(H,19,21)/t10-/m0/s1. The number of anilines is 1. The van der Waals surface area contributed by atoms with Gasteiger partial charge in [0.15, 0.2) is 0 Å². The molecule has 134 valence electrons. The number of sulfonamides is 1. The Kier molecular flexibility index (Phi) is 6.29. The fourth-order valence-corrected chi connectivity index (χ4v) is 3.75. The second-order valence-corrected chi connectivity index (χ2v) is 7.69. The molecule has 0 radical (unpaired) electrons. The van der Waals surface area contributed by atoms with E-state index in [-0.39, 0.29) is 15.7 Å². The summed E-state index contributed by atoms with van der Waals surface area (Å²) in [7, 11) is -2.66. The maximum atomic E-state index is 12.5. The number of rotatable bonds is 6. The average molecular weight is 403 g/mol. The van der Waals surface area contributed by atoms with E-state index in [4.69, 9.17) is 27.9 Å². The van der Waals surface area contributed by atoms with Crippen molar-refractivity contribution < 1.29 is 17.9 Å². The van der Waals surface area contributed by atoms with Gasteiger partial charge in [-0.25, -0.2) is 8.42 Å². The van der Waals surface area contributed by atoms with Gasteiger partial charge in [0, 0.05) is 15.7 Å². The van der Waals surface area contributed by atoms with Crippen LogP contribution in [0.4, 0.5) is 5.69 Å². The van der Waals surface area contributed by atoms with Gasteiger partial charge in [0.05, 0.1) is 13.2 Å². The Bertz CT molecular complexity index is 870. The molecule has 2 N–H and O–H groups in total. The summed E-state index contributed by atoms with van der Waals surface area (Å²) in [5, 5.41) is 3.36. The fourth-order valence-electron chi connectivity index (χ4n) is 1.99. The quantitative estimate of drug-likeness (QED) is 0.775. The van der Waals surface area contributed by atoms with Crippen molar-refractivity contribution in [2.45, 2.75) is 17.9 Å². The molecule has 0 aromatic heterocycles. The lowest BCUT2D eigenvalue weighted by Gasteiger charge is -2.16. The molecule has 0 heterocycles. The smallest absolute Gasteiger partial charge is 0.245 e. The van der Waals surface area contributed by atoms with Crippen molar-refractivity contribution in [2.24, 2.45) is 0 Å². The van der Waals surface area contributed by atoms with Crippen LogP contribution < -0.4 is 14.8 Å². The zero-order chi connectivity index (χ0) is 18.6. The fraction of sp³-hybridized carbons (Fsp3) is 0.188. The highest BCUT2D eigenvalue weighted by atomic mass is 35.5. The van der Waals surface area contributed by atoms with Crippen LogP contribution in [-0.4, -0.2) is 27.5 Å². The summed E-state index contributed by atoms with van der Waals surface area (Å²) in [5.74, 6) is -0.394. The number of halogens is 2. The molecule has 25 heavy (non-hydrogen) atoms. The van der Waals surface area contributed by atoms with Gasteiger partial charge in [-0.3, -0.25) is 4.79 Å². The third-order valence-electron chi connectivity index (χ3n) is 3.25. The molecule has 0 unspecified atom stereocenters. The van der Waals surface area contributed by atoms with Gasteiger partial charge in [-0.15, -0.1) is 0 Å².